The molecule has 0 aliphatic carbocycles. The lowest BCUT2D eigenvalue weighted by molar-refractivity contribution is 0.0273. The van der Waals surface area contributed by atoms with Crippen molar-refractivity contribution in [1.29, 1.82) is 0 Å². The number of rotatable bonds is 5. The van der Waals surface area contributed by atoms with Crippen molar-refractivity contribution in [2.24, 2.45) is 0 Å². The molecule has 1 atom stereocenters. The van der Waals surface area contributed by atoms with Gasteiger partial charge in [-0.1, -0.05) is 19.1 Å². The Balaban J connectivity index is 2.08. The normalized spacial score (nSPS) is 22.3. The number of anilines is 1. The number of benzene rings is 1. The van der Waals surface area contributed by atoms with Gasteiger partial charge in [0.25, 0.3) is 5.91 Å². The molecule has 20 heavy (non-hydrogen) atoms. The third-order valence-corrected chi connectivity index (χ3v) is 3.59. The van der Waals surface area contributed by atoms with Crippen molar-refractivity contribution in [2.75, 3.05) is 25.1 Å². The van der Waals surface area contributed by atoms with E-state index in [-0.39, 0.29) is 11.4 Å². The van der Waals surface area contributed by atoms with E-state index in [0.717, 1.165) is 38.1 Å². The third-order valence-electron chi connectivity index (χ3n) is 3.59. The zero-order chi connectivity index (χ0) is 14.4. The van der Waals surface area contributed by atoms with Gasteiger partial charge < -0.3 is 15.4 Å². The molecule has 0 saturated carbocycles. The first-order chi connectivity index (χ1) is 9.64. The first kappa shape index (κ1) is 14.9. The van der Waals surface area contributed by atoms with Crippen LogP contribution in [-0.4, -0.2) is 31.2 Å². The van der Waals surface area contributed by atoms with Crippen LogP contribution in [0.2, 0.25) is 0 Å². The largest absolute Gasteiger partial charge is 0.384 e. The summed E-state index contributed by atoms with van der Waals surface area (Å²) in [6.07, 6.45) is 2.98. The zero-order valence-electron chi connectivity index (χ0n) is 12.4. The summed E-state index contributed by atoms with van der Waals surface area (Å²) in [5.41, 5.74) is 1.34. The maximum atomic E-state index is 12.5. The lowest BCUT2D eigenvalue weighted by Gasteiger charge is -2.34. The molecule has 1 aromatic rings. The number of para-hydroxylation sites is 1. The van der Waals surface area contributed by atoms with E-state index in [1.165, 1.54) is 0 Å². The number of carbonyl (C=O) groups excluding carboxylic acids is 1. The summed E-state index contributed by atoms with van der Waals surface area (Å²) in [4.78, 5) is 12.5. The SMILES string of the molecule is CCCNc1ccccc1C(=O)NC1(C)CCCOC1. The Kier molecular flexibility index (Phi) is 5.01. The average molecular weight is 276 g/mol. The molecule has 1 amide bonds. The van der Waals surface area contributed by atoms with Gasteiger partial charge in [-0.3, -0.25) is 4.79 Å². The molecule has 1 heterocycles. The summed E-state index contributed by atoms with van der Waals surface area (Å²) in [5.74, 6) is -0.0304. The number of ether oxygens (including phenoxy) is 1. The van der Waals surface area contributed by atoms with Gasteiger partial charge in [0, 0.05) is 18.8 Å². The Morgan fingerprint density at radius 2 is 2.20 bits per heavy atom. The fraction of sp³-hybridized carbons (Fsp3) is 0.562. The van der Waals surface area contributed by atoms with Crippen molar-refractivity contribution < 1.29 is 9.53 Å². The van der Waals surface area contributed by atoms with Gasteiger partial charge in [-0.25, -0.2) is 0 Å². The Hall–Kier alpha value is -1.55. The van der Waals surface area contributed by atoms with Crippen LogP contribution in [0.5, 0.6) is 0 Å². The lowest BCUT2D eigenvalue weighted by Crippen LogP contribution is -2.51. The van der Waals surface area contributed by atoms with Crippen molar-refractivity contribution in [3.63, 3.8) is 0 Å². The minimum absolute atomic E-state index is 0.0304. The van der Waals surface area contributed by atoms with Gasteiger partial charge in [-0.15, -0.1) is 0 Å². The van der Waals surface area contributed by atoms with E-state index >= 15 is 0 Å². The molecule has 1 aromatic carbocycles. The van der Waals surface area contributed by atoms with Gasteiger partial charge in [-0.2, -0.15) is 0 Å². The van der Waals surface area contributed by atoms with Crippen LogP contribution in [0.1, 0.15) is 43.5 Å². The van der Waals surface area contributed by atoms with E-state index in [2.05, 4.69) is 17.6 Å². The molecular formula is C16H24N2O2. The molecule has 1 unspecified atom stereocenters. The molecule has 0 spiro atoms. The van der Waals surface area contributed by atoms with Crippen molar-refractivity contribution >= 4 is 11.6 Å². The number of nitrogens with one attached hydrogen (secondary N) is 2. The Bertz CT molecular complexity index is 454. The smallest absolute Gasteiger partial charge is 0.253 e. The molecule has 2 rings (SSSR count). The van der Waals surface area contributed by atoms with Gasteiger partial charge in [0.1, 0.15) is 0 Å². The van der Waals surface area contributed by atoms with E-state index in [9.17, 15) is 4.79 Å². The van der Waals surface area contributed by atoms with Crippen LogP contribution < -0.4 is 10.6 Å². The summed E-state index contributed by atoms with van der Waals surface area (Å²) < 4.78 is 5.49. The van der Waals surface area contributed by atoms with Gasteiger partial charge in [0.05, 0.1) is 17.7 Å². The Morgan fingerprint density at radius 3 is 2.90 bits per heavy atom. The van der Waals surface area contributed by atoms with E-state index in [0.29, 0.717) is 12.2 Å². The minimum atomic E-state index is -0.257. The fourth-order valence-electron chi connectivity index (χ4n) is 2.47. The summed E-state index contributed by atoms with van der Waals surface area (Å²) in [5, 5.41) is 6.43. The highest BCUT2D eigenvalue weighted by Gasteiger charge is 2.30. The van der Waals surface area contributed by atoms with Crippen molar-refractivity contribution in [1.82, 2.24) is 5.32 Å². The molecule has 0 bridgehead atoms. The van der Waals surface area contributed by atoms with Gasteiger partial charge >= 0.3 is 0 Å². The Labute approximate surface area is 120 Å². The van der Waals surface area contributed by atoms with E-state index < -0.39 is 0 Å². The summed E-state index contributed by atoms with van der Waals surface area (Å²) in [7, 11) is 0. The van der Waals surface area contributed by atoms with Crippen LogP contribution in [0, 0.1) is 0 Å². The standard InChI is InChI=1S/C16H24N2O2/c1-3-10-17-14-8-5-4-7-13(14)15(19)18-16(2)9-6-11-20-12-16/h4-5,7-8,17H,3,6,9-12H2,1-2H3,(H,18,19). The minimum Gasteiger partial charge on any atom is -0.384 e. The van der Waals surface area contributed by atoms with Crippen molar-refractivity contribution in [3.8, 4) is 0 Å². The molecule has 110 valence electrons. The van der Waals surface area contributed by atoms with Crippen LogP contribution >= 0.6 is 0 Å². The van der Waals surface area contributed by atoms with Crippen LogP contribution in [-0.2, 0) is 4.74 Å². The summed E-state index contributed by atoms with van der Waals surface area (Å²) >= 11 is 0. The molecule has 4 heteroatoms. The summed E-state index contributed by atoms with van der Waals surface area (Å²) in [6.45, 7) is 6.40. The van der Waals surface area contributed by atoms with Gasteiger partial charge in [-0.05, 0) is 38.3 Å². The number of hydrogen-bond acceptors (Lipinski definition) is 3. The van der Waals surface area contributed by atoms with Crippen LogP contribution in [0.3, 0.4) is 0 Å². The first-order valence-corrected chi connectivity index (χ1v) is 7.38. The van der Waals surface area contributed by atoms with E-state index in [1.54, 1.807) is 0 Å². The van der Waals surface area contributed by atoms with Crippen LogP contribution in [0.15, 0.2) is 24.3 Å². The van der Waals surface area contributed by atoms with Crippen LogP contribution in [0.4, 0.5) is 5.69 Å². The monoisotopic (exact) mass is 276 g/mol. The molecule has 1 aliphatic heterocycles. The average Bonchev–Trinajstić information content (AvgIpc) is 2.45. The number of amides is 1. The molecule has 1 fully saturated rings. The van der Waals surface area contributed by atoms with Crippen molar-refractivity contribution in [2.45, 2.75) is 38.6 Å². The quantitative estimate of drug-likeness (QED) is 0.869. The zero-order valence-corrected chi connectivity index (χ0v) is 12.4. The lowest BCUT2D eigenvalue weighted by atomic mass is 9.94. The molecular weight excluding hydrogens is 252 g/mol. The fourth-order valence-corrected chi connectivity index (χ4v) is 2.47. The highest BCUT2D eigenvalue weighted by Crippen LogP contribution is 2.21. The molecule has 4 nitrogen and oxygen atoms in total. The molecule has 1 saturated heterocycles. The Morgan fingerprint density at radius 1 is 1.40 bits per heavy atom. The second-order valence-corrected chi connectivity index (χ2v) is 5.64. The summed E-state index contributed by atoms with van der Waals surface area (Å²) in [6, 6.07) is 7.65. The molecule has 2 N–H and O–H groups in total. The highest BCUT2D eigenvalue weighted by molar-refractivity contribution is 6.00. The molecule has 1 aliphatic rings. The highest BCUT2D eigenvalue weighted by atomic mass is 16.5. The number of carbonyl (C=O) groups is 1. The topological polar surface area (TPSA) is 50.4 Å². The first-order valence-electron chi connectivity index (χ1n) is 7.38. The van der Waals surface area contributed by atoms with Crippen LogP contribution in [0.25, 0.3) is 0 Å². The molecule has 0 radical (unpaired) electrons. The van der Waals surface area contributed by atoms with Gasteiger partial charge in [0.15, 0.2) is 0 Å². The van der Waals surface area contributed by atoms with E-state index in [1.807, 2.05) is 31.2 Å². The second kappa shape index (κ2) is 6.75. The number of hydrogen-bond donors (Lipinski definition) is 2. The maximum absolute atomic E-state index is 12.5. The molecule has 0 aromatic heterocycles. The van der Waals surface area contributed by atoms with Gasteiger partial charge in [0.2, 0.25) is 0 Å². The predicted octanol–water partition coefficient (Wildman–Crippen LogP) is 2.81. The van der Waals surface area contributed by atoms with Crippen molar-refractivity contribution in [3.05, 3.63) is 29.8 Å². The third kappa shape index (κ3) is 3.73. The van der Waals surface area contributed by atoms with E-state index in [4.69, 9.17) is 4.74 Å². The second-order valence-electron chi connectivity index (χ2n) is 5.64. The maximum Gasteiger partial charge on any atom is 0.253 e. The predicted molar refractivity (Wildman–Crippen MR) is 81.1 cm³/mol.